The largest absolute Gasteiger partial charge is 0.409 e. The second-order valence-electron chi connectivity index (χ2n) is 4.28. The lowest BCUT2D eigenvalue weighted by Crippen LogP contribution is -2.14. The van der Waals surface area contributed by atoms with Crippen LogP contribution in [0.25, 0.3) is 0 Å². The minimum Gasteiger partial charge on any atom is -0.409 e. The Kier molecular flexibility index (Phi) is 4.32. The van der Waals surface area contributed by atoms with Gasteiger partial charge in [0.05, 0.1) is 0 Å². The van der Waals surface area contributed by atoms with Crippen LogP contribution < -0.4 is 11.1 Å². The van der Waals surface area contributed by atoms with E-state index in [0.29, 0.717) is 5.56 Å². The van der Waals surface area contributed by atoms with Crippen molar-refractivity contribution in [3.8, 4) is 0 Å². The third-order valence-electron chi connectivity index (χ3n) is 2.79. The normalized spacial score (nSPS) is 11.5. The second-order valence-corrected chi connectivity index (χ2v) is 4.28. The summed E-state index contributed by atoms with van der Waals surface area (Å²) in [5, 5.41) is 13.9. The summed E-state index contributed by atoms with van der Waals surface area (Å²) in [6, 6.07) is 7.18. The van der Waals surface area contributed by atoms with Crippen molar-refractivity contribution >= 4 is 11.5 Å². The minimum atomic E-state index is -0.747. The molecule has 110 valence electrons. The number of nitrogens with zero attached hydrogens (tertiary/aromatic N) is 1. The quantitative estimate of drug-likeness (QED) is 0.351. The van der Waals surface area contributed by atoms with Crippen LogP contribution in [0.5, 0.6) is 0 Å². The first-order chi connectivity index (χ1) is 10.0. The number of nitrogens with one attached hydrogen (secondary N) is 1. The van der Waals surface area contributed by atoms with Gasteiger partial charge >= 0.3 is 0 Å². The molecule has 0 saturated carbocycles. The van der Waals surface area contributed by atoms with Gasteiger partial charge in [-0.05, 0) is 35.9 Å². The summed E-state index contributed by atoms with van der Waals surface area (Å²) in [5.74, 6) is -2.36. The van der Waals surface area contributed by atoms with E-state index in [9.17, 15) is 13.2 Å². The van der Waals surface area contributed by atoms with Gasteiger partial charge in [0, 0.05) is 12.1 Å². The lowest BCUT2D eigenvalue weighted by molar-refractivity contribution is 0.318. The van der Waals surface area contributed by atoms with E-state index in [4.69, 9.17) is 10.9 Å². The fraction of sp³-hybridized carbons (Fsp3) is 0.0714. The Morgan fingerprint density at radius 3 is 2.43 bits per heavy atom. The lowest BCUT2D eigenvalue weighted by atomic mass is 10.1. The van der Waals surface area contributed by atoms with Crippen molar-refractivity contribution in [3.63, 3.8) is 0 Å². The van der Waals surface area contributed by atoms with E-state index >= 15 is 0 Å². The zero-order valence-corrected chi connectivity index (χ0v) is 10.8. The summed E-state index contributed by atoms with van der Waals surface area (Å²) < 4.78 is 40.3. The van der Waals surface area contributed by atoms with Crippen LogP contribution in [0.15, 0.2) is 41.6 Å². The van der Waals surface area contributed by atoms with Crippen LogP contribution in [0.2, 0.25) is 0 Å². The van der Waals surface area contributed by atoms with Gasteiger partial charge < -0.3 is 16.3 Å². The van der Waals surface area contributed by atoms with Gasteiger partial charge in [0.25, 0.3) is 0 Å². The number of anilines is 1. The number of halogens is 3. The molecule has 0 amide bonds. The molecule has 0 heterocycles. The van der Waals surface area contributed by atoms with Gasteiger partial charge in [0.2, 0.25) is 0 Å². The molecule has 4 N–H and O–H groups in total. The molecule has 0 atom stereocenters. The molecule has 0 fully saturated rings. The molecule has 0 aliphatic heterocycles. The van der Waals surface area contributed by atoms with Crippen LogP contribution in [0.4, 0.5) is 18.9 Å². The van der Waals surface area contributed by atoms with Gasteiger partial charge in [-0.2, -0.15) is 0 Å². The molecule has 0 aliphatic carbocycles. The Morgan fingerprint density at radius 2 is 1.81 bits per heavy atom. The second kappa shape index (κ2) is 6.17. The van der Waals surface area contributed by atoms with Gasteiger partial charge in [0.1, 0.15) is 23.1 Å². The number of hydrogen-bond donors (Lipinski definition) is 3. The zero-order valence-electron chi connectivity index (χ0n) is 10.8. The van der Waals surface area contributed by atoms with Crippen molar-refractivity contribution in [2.75, 3.05) is 5.32 Å². The number of benzene rings is 2. The smallest absolute Gasteiger partial charge is 0.170 e. The molecule has 0 spiro atoms. The van der Waals surface area contributed by atoms with E-state index in [-0.39, 0.29) is 23.6 Å². The molecule has 0 aromatic heterocycles. The lowest BCUT2D eigenvalue weighted by Gasteiger charge is -2.10. The SMILES string of the molecule is N/C(=N/O)c1cc(F)cc(CNc2c(F)cccc2F)c1. The van der Waals surface area contributed by atoms with Gasteiger partial charge in [-0.3, -0.25) is 0 Å². The van der Waals surface area contributed by atoms with Gasteiger partial charge in [0.15, 0.2) is 5.84 Å². The number of nitrogens with two attached hydrogens (primary N) is 1. The molecule has 0 unspecified atom stereocenters. The van der Waals surface area contributed by atoms with Crippen molar-refractivity contribution in [2.45, 2.75) is 6.54 Å². The molecule has 2 aromatic rings. The van der Waals surface area contributed by atoms with Crippen molar-refractivity contribution in [1.29, 1.82) is 0 Å². The molecular weight excluding hydrogens is 283 g/mol. The fourth-order valence-electron chi connectivity index (χ4n) is 1.82. The number of oxime groups is 1. The third kappa shape index (κ3) is 3.44. The molecule has 0 aliphatic rings. The maximum Gasteiger partial charge on any atom is 0.170 e. The fourth-order valence-corrected chi connectivity index (χ4v) is 1.82. The van der Waals surface area contributed by atoms with Crippen molar-refractivity contribution in [3.05, 3.63) is 65.0 Å². The summed E-state index contributed by atoms with van der Waals surface area (Å²) >= 11 is 0. The molecular formula is C14H12F3N3O. The molecule has 0 radical (unpaired) electrons. The minimum absolute atomic E-state index is 0.0265. The van der Waals surface area contributed by atoms with Crippen LogP contribution in [0.1, 0.15) is 11.1 Å². The number of amidine groups is 1. The van der Waals surface area contributed by atoms with Crippen molar-refractivity contribution in [2.24, 2.45) is 10.9 Å². The first kappa shape index (κ1) is 14.7. The van der Waals surface area contributed by atoms with E-state index < -0.39 is 17.5 Å². The van der Waals surface area contributed by atoms with Crippen LogP contribution in [-0.2, 0) is 6.54 Å². The van der Waals surface area contributed by atoms with E-state index in [0.717, 1.165) is 18.2 Å². The number of rotatable bonds is 4. The first-order valence-corrected chi connectivity index (χ1v) is 5.96. The molecule has 4 nitrogen and oxygen atoms in total. The van der Waals surface area contributed by atoms with Gasteiger partial charge in [-0.15, -0.1) is 0 Å². The van der Waals surface area contributed by atoms with Crippen LogP contribution >= 0.6 is 0 Å². The molecule has 2 rings (SSSR count). The van der Waals surface area contributed by atoms with Crippen molar-refractivity contribution < 1.29 is 18.4 Å². The van der Waals surface area contributed by atoms with E-state index in [1.54, 1.807) is 0 Å². The highest BCUT2D eigenvalue weighted by molar-refractivity contribution is 5.97. The van der Waals surface area contributed by atoms with Crippen LogP contribution in [0.3, 0.4) is 0 Å². The molecule has 21 heavy (non-hydrogen) atoms. The molecule has 2 aromatic carbocycles. The molecule has 0 bridgehead atoms. The number of para-hydroxylation sites is 1. The third-order valence-corrected chi connectivity index (χ3v) is 2.79. The predicted octanol–water partition coefficient (Wildman–Crippen LogP) is 2.81. The highest BCUT2D eigenvalue weighted by atomic mass is 19.1. The summed E-state index contributed by atoms with van der Waals surface area (Å²) in [6.45, 7) is -0.0265. The van der Waals surface area contributed by atoms with Crippen LogP contribution in [0, 0.1) is 17.5 Å². The van der Waals surface area contributed by atoms with Gasteiger partial charge in [-0.25, -0.2) is 13.2 Å². The van der Waals surface area contributed by atoms with Crippen molar-refractivity contribution in [1.82, 2.24) is 0 Å². The zero-order chi connectivity index (χ0) is 15.4. The molecule has 7 heteroatoms. The maximum atomic E-state index is 13.4. The van der Waals surface area contributed by atoms with Crippen LogP contribution in [-0.4, -0.2) is 11.0 Å². The standard InChI is InChI=1S/C14H12F3N3O/c15-10-5-8(4-9(6-10)14(18)20-21)7-19-13-11(16)2-1-3-12(13)17/h1-6,19,21H,7H2,(H2,18,20). The highest BCUT2D eigenvalue weighted by Crippen LogP contribution is 2.19. The Hall–Kier alpha value is -2.70. The molecule has 0 saturated heterocycles. The Morgan fingerprint density at radius 1 is 1.14 bits per heavy atom. The van der Waals surface area contributed by atoms with E-state index in [2.05, 4.69) is 10.5 Å². The van der Waals surface area contributed by atoms with E-state index in [1.807, 2.05) is 0 Å². The number of hydrogen-bond acceptors (Lipinski definition) is 3. The van der Waals surface area contributed by atoms with E-state index in [1.165, 1.54) is 18.2 Å². The first-order valence-electron chi connectivity index (χ1n) is 5.96. The summed E-state index contributed by atoms with van der Waals surface area (Å²) in [4.78, 5) is 0. The Bertz CT molecular complexity index is 669. The maximum absolute atomic E-state index is 13.4. The monoisotopic (exact) mass is 295 g/mol. The topological polar surface area (TPSA) is 70.6 Å². The predicted molar refractivity (Wildman–Crippen MR) is 72.6 cm³/mol. The summed E-state index contributed by atoms with van der Waals surface area (Å²) in [7, 11) is 0. The summed E-state index contributed by atoms with van der Waals surface area (Å²) in [5.41, 5.74) is 5.64. The Balaban J connectivity index is 2.22. The van der Waals surface area contributed by atoms with Gasteiger partial charge in [-0.1, -0.05) is 11.2 Å². The average molecular weight is 295 g/mol. The summed E-state index contributed by atoms with van der Waals surface area (Å²) in [6.07, 6.45) is 0. The highest BCUT2D eigenvalue weighted by Gasteiger charge is 2.09. The Labute approximate surface area is 118 Å². The average Bonchev–Trinajstić information content (AvgIpc) is 2.45.